The monoisotopic (exact) mass is 331 g/mol. The van der Waals surface area contributed by atoms with Gasteiger partial charge in [-0.1, -0.05) is 24.6 Å². The number of rotatable bonds is 5. The molecule has 0 spiro atoms. The largest absolute Gasteiger partial charge is 0.354 e. The molecule has 2 rings (SSSR count). The van der Waals surface area contributed by atoms with Crippen LogP contribution in [0.15, 0.2) is 24.3 Å². The Morgan fingerprint density at radius 3 is 2.42 bits per heavy atom. The topological polar surface area (TPSA) is 61.4 Å². The molecular weight excluding hydrogens is 302 g/mol. The van der Waals surface area contributed by atoms with Gasteiger partial charge in [-0.05, 0) is 51.2 Å². The summed E-state index contributed by atoms with van der Waals surface area (Å²) >= 11 is 0. The van der Waals surface area contributed by atoms with Crippen molar-refractivity contribution in [3.8, 4) is 0 Å². The highest BCUT2D eigenvalue weighted by Gasteiger charge is 2.24. The third-order valence-electron chi connectivity index (χ3n) is 4.70. The lowest BCUT2D eigenvalue weighted by Gasteiger charge is -2.32. The Bertz CT molecular complexity index is 548. The number of carbonyl (C=O) groups excluding carboxylic acids is 2. The molecule has 0 bridgehead atoms. The molecule has 24 heavy (non-hydrogen) atoms. The average Bonchev–Trinajstić information content (AvgIpc) is 2.57. The van der Waals surface area contributed by atoms with Gasteiger partial charge in [0.15, 0.2) is 0 Å². The van der Waals surface area contributed by atoms with E-state index in [9.17, 15) is 9.59 Å². The number of benzene rings is 1. The van der Waals surface area contributed by atoms with E-state index in [1.165, 1.54) is 5.56 Å². The molecule has 0 aliphatic carbocycles. The van der Waals surface area contributed by atoms with Crippen molar-refractivity contribution in [2.24, 2.45) is 5.92 Å². The second-order valence-electron chi connectivity index (χ2n) is 6.81. The van der Waals surface area contributed by atoms with Crippen molar-refractivity contribution in [1.29, 1.82) is 0 Å². The first kappa shape index (κ1) is 18.3. The predicted octanol–water partition coefficient (Wildman–Crippen LogP) is 3.54. The predicted molar refractivity (Wildman–Crippen MR) is 97.0 cm³/mol. The summed E-state index contributed by atoms with van der Waals surface area (Å²) in [7, 11) is 0. The van der Waals surface area contributed by atoms with Gasteiger partial charge in [-0.3, -0.25) is 4.79 Å². The highest BCUT2D eigenvalue weighted by Crippen LogP contribution is 2.21. The number of piperidine rings is 1. The third-order valence-corrected chi connectivity index (χ3v) is 4.70. The van der Waals surface area contributed by atoms with Crippen LogP contribution in [-0.4, -0.2) is 36.0 Å². The van der Waals surface area contributed by atoms with Crippen LogP contribution in [0.4, 0.5) is 10.5 Å². The number of hydrogen-bond acceptors (Lipinski definition) is 2. The molecule has 5 nitrogen and oxygen atoms in total. The lowest BCUT2D eigenvalue weighted by molar-refractivity contribution is -0.122. The van der Waals surface area contributed by atoms with E-state index in [4.69, 9.17) is 0 Å². The molecule has 1 aromatic carbocycles. The number of amides is 3. The van der Waals surface area contributed by atoms with E-state index < -0.39 is 0 Å². The number of aryl methyl sites for hydroxylation is 1. The Kier molecular flexibility index (Phi) is 6.64. The first-order valence-electron chi connectivity index (χ1n) is 8.90. The first-order valence-corrected chi connectivity index (χ1v) is 8.90. The van der Waals surface area contributed by atoms with Gasteiger partial charge in [-0.25, -0.2) is 4.79 Å². The van der Waals surface area contributed by atoms with Crippen LogP contribution >= 0.6 is 0 Å². The Morgan fingerprint density at radius 2 is 1.83 bits per heavy atom. The fraction of sp³-hybridized carbons (Fsp3) is 0.579. The Morgan fingerprint density at radius 1 is 1.21 bits per heavy atom. The van der Waals surface area contributed by atoms with Crippen LogP contribution in [-0.2, 0) is 4.79 Å². The van der Waals surface area contributed by atoms with Crippen molar-refractivity contribution in [3.63, 3.8) is 0 Å². The standard InChI is InChI=1S/C19H29N3O2/c1-4-15(3)20-18(23)13-16-9-11-22(12-10-16)19(24)21-17-7-5-14(2)6-8-17/h5-8,15-16H,4,9-13H2,1-3H3,(H,20,23)(H,21,24). The number of urea groups is 1. The third kappa shape index (κ3) is 5.55. The SMILES string of the molecule is CCC(C)NC(=O)CC1CCN(C(=O)Nc2ccc(C)cc2)CC1. The molecule has 2 N–H and O–H groups in total. The molecule has 1 atom stereocenters. The van der Waals surface area contributed by atoms with E-state index in [0.29, 0.717) is 25.4 Å². The molecule has 1 heterocycles. The molecule has 1 fully saturated rings. The molecule has 5 heteroatoms. The van der Waals surface area contributed by atoms with Gasteiger partial charge in [0.05, 0.1) is 0 Å². The summed E-state index contributed by atoms with van der Waals surface area (Å²) in [5.74, 6) is 0.504. The lowest BCUT2D eigenvalue weighted by Crippen LogP contribution is -2.42. The Labute approximate surface area is 144 Å². The van der Waals surface area contributed by atoms with Crippen LogP contribution in [0.2, 0.25) is 0 Å². The van der Waals surface area contributed by atoms with Gasteiger partial charge in [0.1, 0.15) is 0 Å². The van der Waals surface area contributed by atoms with E-state index >= 15 is 0 Å². The number of hydrogen-bond donors (Lipinski definition) is 2. The van der Waals surface area contributed by atoms with Crippen molar-refractivity contribution in [1.82, 2.24) is 10.2 Å². The normalized spacial score (nSPS) is 16.5. The number of likely N-dealkylation sites (tertiary alicyclic amines) is 1. The minimum atomic E-state index is -0.0543. The maximum Gasteiger partial charge on any atom is 0.321 e. The van der Waals surface area contributed by atoms with Crippen LogP contribution in [0.25, 0.3) is 0 Å². The van der Waals surface area contributed by atoms with Gasteiger partial charge >= 0.3 is 6.03 Å². The molecule has 1 aliphatic heterocycles. The summed E-state index contributed by atoms with van der Waals surface area (Å²) in [6.45, 7) is 7.53. The van der Waals surface area contributed by atoms with E-state index in [-0.39, 0.29) is 18.0 Å². The van der Waals surface area contributed by atoms with Crippen molar-refractivity contribution in [3.05, 3.63) is 29.8 Å². The minimum Gasteiger partial charge on any atom is -0.354 e. The number of nitrogens with zero attached hydrogens (tertiary/aromatic N) is 1. The Balaban J connectivity index is 1.74. The molecule has 0 radical (unpaired) electrons. The summed E-state index contributed by atoms with van der Waals surface area (Å²) in [6.07, 6.45) is 3.28. The van der Waals surface area contributed by atoms with Gasteiger partial charge in [-0.15, -0.1) is 0 Å². The zero-order valence-electron chi connectivity index (χ0n) is 15.0. The lowest BCUT2D eigenvalue weighted by atomic mass is 9.93. The maximum absolute atomic E-state index is 12.3. The van der Waals surface area contributed by atoms with Crippen molar-refractivity contribution in [2.45, 2.75) is 52.5 Å². The van der Waals surface area contributed by atoms with Crippen molar-refractivity contribution < 1.29 is 9.59 Å². The zero-order chi connectivity index (χ0) is 17.5. The van der Waals surface area contributed by atoms with Crippen molar-refractivity contribution in [2.75, 3.05) is 18.4 Å². The highest BCUT2D eigenvalue weighted by atomic mass is 16.2. The van der Waals surface area contributed by atoms with Crippen LogP contribution in [0.5, 0.6) is 0 Å². The molecule has 132 valence electrons. The summed E-state index contributed by atoms with van der Waals surface area (Å²) < 4.78 is 0. The Hall–Kier alpha value is -2.04. The summed E-state index contributed by atoms with van der Waals surface area (Å²) in [5, 5.41) is 5.95. The fourth-order valence-corrected chi connectivity index (χ4v) is 2.88. The van der Waals surface area contributed by atoms with Gasteiger partial charge in [0.2, 0.25) is 5.91 Å². The molecule has 1 unspecified atom stereocenters. The number of nitrogens with one attached hydrogen (secondary N) is 2. The first-order chi connectivity index (χ1) is 11.5. The van der Waals surface area contributed by atoms with Gasteiger partial charge < -0.3 is 15.5 Å². The molecule has 1 saturated heterocycles. The summed E-state index contributed by atoms with van der Waals surface area (Å²) in [4.78, 5) is 26.1. The number of anilines is 1. The molecular formula is C19H29N3O2. The van der Waals surface area contributed by atoms with Crippen LogP contribution in [0.1, 0.15) is 45.1 Å². The van der Waals surface area contributed by atoms with Crippen LogP contribution < -0.4 is 10.6 Å². The second-order valence-corrected chi connectivity index (χ2v) is 6.81. The van der Waals surface area contributed by atoms with Gasteiger partial charge in [0.25, 0.3) is 0 Å². The fourth-order valence-electron chi connectivity index (χ4n) is 2.88. The summed E-state index contributed by atoms with van der Waals surface area (Å²) in [6, 6.07) is 7.98. The quantitative estimate of drug-likeness (QED) is 0.867. The minimum absolute atomic E-state index is 0.0543. The summed E-state index contributed by atoms with van der Waals surface area (Å²) in [5.41, 5.74) is 1.99. The van der Waals surface area contributed by atoms with Gasteiger partial charge in [0, 0.05) is 31.2 Å². The average molecular weight is 331 g/mol. The van der Waals surface area contributed by atoms with E-state index in [0.717, 1.165) is 24.9 Å². The van der Waals surface area contributed by atoms with Crippen LogP contribution in [0.3, 0.4) is 0 Å². The van der Waals surface area contributed by atoms with E-state index in [2.05, 4.69) is 17.6 Å². The second kappa shape index (κ2) is 8.71. The van der Waals surface area contributed by atoms with E-state index in [1.807, 2.05) is 43.0 Å². The van der Waals surface area contributed by atoms with Crippen molar-refractivity contribution >= 4 is 17.6 Å². The molecule has 3 amide bonds. The maximum atomic E-state index is 12.3. The zero-order valence-corrected chi connectivity index (χ0v) is 15.0. The molecule has 0 saturated carbocycles. The molecule has 1 aliphatic rings. The molecule has 1 aromatic rings. The molecule has 0 aromatic heterocycles. The number of carbonyl (C=O) groups is 2. The highest BCUT2D eigenvalue weighted by molar-refractivity contribution is 5.89. The van der Waals surface area contributed by atoms with Gasteiger partial charge in [-0.2, -0.15) is 0 Å². The smallest absolute Gasteiger partial charge is 0.321 e. The van der Waals surface area contributed by atoms with E-state index in [1.54, 1.807) is 0 Å². The van der Waals surface area contributed by atoms with Crippen LogP contribution in [0, 0.1) is 12.8 Å².